The van der Waals surface area contributed by atoms with E-state index in [1.54, 1.807) is 17.9 Å². The molecule has 3 N–H and O–H groups in total. The normalized spacial score (nSPS) is 10.3. The molecular formula is C11H12FN5O. The van der Waals surface area contributed by atoms with Gasteiger partial charge in [-0.2, -0.15) is 0 Å². The van der Waals surface area contributed by atoms with Crippen LogP contribution in [0.2, 0.25) is 0 Å². The Morgan fingerprint density at radius 2 is 2.33 bits per heavy atom. The molecule has 1 aromatic carbocycles. The van der Waals surface area contributed by atoms with Crippen LogP contribution in [0.3, 0.4) is 0 Å². The lowest BCUT2D eigenvalue weighted by molar-refractivity contribution is 0.100. The second-order valence-corrected chi connectivity index (χ2v) is 3.80. The monoisotopic (exact) mass is 249 g/mol. The first-order valence-corrected chi connectivity index (χ1v) is 5.24. The SMILES string of the molecule is Cn1cc(CNc2cc(C(N)=O)ccc2F)nn1. The van der Waals surface area contributed by atoms with Crippen LogP contribution in [0.1, 0.15) is 16.1 Å². The Bertz CT molecular complexity index is 581. The van der Waals surface area contributed by atoms with Gasteiger partial charge in [-0.1, -0.05) is 5.21 Å². The third-order valence-electron chi connectivity index (χ3n) is 2.36. The molecule has 0 fully saturated rings. The second kappa shape index (κ2) is 4.82. The van der Waals surface area contributed by atoms with Crippen molar-refractivity contribution in [2.24, 2.45) is 12.8 Å². The van der Waals surface area contributed by atoms with Crippen LogP contribution < -0.4 is 11.1 Å². The number of nitrogens with two attached hydrogens (primary N) is 1. The molecule has 0 aliphatic rings. The van der Waals surface area contributed by atoms with E-state index < -0.39 is 11.7 Å². The fourth-order valence-electron chi connectivity index (χ4n) is 1.48. The number of benzene rings is 1. The summed E-state index contributed by atoms with van der Waals surface area (Å²) in [5, 5.41) is 10.4. The summed E-state index contributed by atoms with van der Waals surface area (Å²) in [6.07, 6.45) is 1.71. The quantitative estimate of drug-likeness (QED) is 0.833. The molecule has 2 aromatic rings. The van der Waals surface area contributed by atoms with Crippen LogP contribution in [0.25, 0.3) is 0 Å². The van der Waals surface area contributed by atoms with E-state index in [0.29, 0.717) is 12.2 Å². The third kappa shape index (κ3) is 2.62. The number of anilines is 1. The Labute approximate surface area is 103 Å². The molecule has 0 radical (unpaired) electrons. The summed E-state index contributed by atoms with van der Waals surface area (Å²) in [5.41, 5.74) is 6.25. The average Bonchev–Trinajstić information content (AvgIpc) is 2.74. The molecule has 0 bridgehead atoms. The van der Waals surface area contributed by atoms with Crippen LogP contribution >= 0.6 is 0 Å². The highest BCUT2D eigenvalue weighted by Crippen LogP contribution is 2.16. The number of halogens is 1. The number of nitrogens with zero attached hydrogens (tertiary/aromatic N) is 3. The minimum Gasteiger partial charge on any atom is -0.377 e. The number of amides is 1. The number of aryl methyl sites for hydroxylation is 1. The lowest BCUT2D eigenvalue weighted by Crippen LogP contribution is -2.12. The van der Waals surface area contributed by atoms with Crippen molar-refractivity contribution in [2.45, 2.75) is 6.54 Å². The van der Waals surface area contributed by atoms with Gasteiger partial charge in [0.25, 0.3) is 0 Å². The fraction of sp³-hybridized carbons (Fsp3) is 0.182. The van der Waals surface area contributed by atoms with E-state index >= 15 is 0 Å². The minimum atomic E-state index is -0.599. The van der Waals surface area contributed by atoms with Crippen LogP contribution in [0.15, 0.2) is 24.4 Å². The summed E-state index contributed by atoms with van der Waals surface area (Å²) in [4.78, 5) is 11.0. The van der Waals surface area contributed by atoms with Gasteiger partial charge in [0.05, 0.1) is 12.2 Å². The van der Waals surface area contributed by atoms with Crippen molar-refractivity contribution in [3.05, 3.63) is 41.5 Å². The molecule has 18 heavy (non-hydrogen) atoms. The first-order valence-electron chi connectivity index (χ1n) is 5.24. The Balaban J connectivity index is 2.13. The number of carbonyl (C=O) groups excluding carboxylic acids is 1. The largest absolute Gasteiger partial charge is 0.377 e. The van der Waals surface area contributed by atoms with Crippen molar-refractivity contribution in [3.63, 3.8) is 0 Å². The molecule has 1 amide bonds. The third-order valence-corrected chi connectivity index (χ3v) is 2.36. The van der Waals surface area contributed by atoms with Gasteiger partial charge in [-0.3, -0.25) is 9.48 Å². The summed E-state index contributed by atoms with van der Waals surface area (Å²) in [7, 11) is 1.74. The zero-order valence-electron chi connectivity index (χ0n) is 9.72. The smallest absolute Gasteiger partial charge is 0.248 e. The molecule has 7 heteroatoms. The van der Waals surface area contributed by atoms with Crippen LogP contribution in [-0.2, 0) is 13.6 Å². The van der Waals surface area contributed by atoms with Crippen LogP contribution in [0.5, 0.6) is 0 Å². The highest BCUT2D eigenvalue weighted by molar-refractivity contribution is 5.93. The molecule has 0 aliphatic heterocycles. The summed E-state index contributed by atoms with van der Waals surface area (Å²) >= 11 is 0. The molecule has 0 aliphatic carbocycles. The maximum atomic E-state index is 13.5. The summed E-state index contributed by atoms with van der Waals surface area (Å²) in [6, 6.07) is 3.90. The van der Waals surface area contributed by atoms with Crippen LogP contribution in [0, 0.1) is 5.82 Å². The van der Waals surface area contributed by atoms with Crippen LogP contribution in [-0.4, -0.2) is 20.9 Å². The first-order chi connectivity index (χ1) is 8.56. The van der Waals surface area contributed by atoms with Gasteiger partial charge >= 0.3 is 0 Å². The van der Waals surface area contributed by atoms with Crippen molar-refractivity contribution in [1.82, 2.24) is 15.0 Å². The van der Waals surface area contributed by atoms with Gasteiger partial charge in [0.2, 0.25) is 5.91 Å². The highest BCUT2D eigenvalue weighted by Gasteiger charge is 2.07. The molecule has 2 rings (SSSR count). The lowest BCUT2D eigenvalue weighted by Gasteiger charge is -2.06. The number of hydrogen-bond acceptors (Lipinski definition) is 4. The number of carbonyl (C=O) groups is 1. The zero-order valence-corrected chi connectivity index (χ0v) is 9.72. The summed E-state index contributed by atoms with van der Waals surface area (Å²) < 4.78 is 15.0. The predicted molar refractivity (Wildman–Crippen MR) is 63.2 cm³/mol. The van der Waals surface area contributed by atoms with Gasteiger partial charge in [0.1, 0.15) is 11.5 Å². The minimum absolute atomic E-state index is 0.206. The Hall–Kier alpha value is -2.44. The fourth-order valence-corrected chi connectivity index (χ4v) is 1.48. The maximum Gasteiger partial charge on any atom is 0.248 e. The average molecular weight is 249 g/mol. The van der Waals surface area contributed by atoms with Gasteiger partial charge < -0.3 is 11.1 Å². The van der Waals surface area contributed by atoms with Gasteiger partial charge in [0.15, 0.2) is 0 Å². The summed E-state index contributed by atoms with van der Waals surface area (Å²) in [6.45, 7) is 0.312. The molecular weight excluding hydrogens is 237 g/mol. The molecule has 0 saturated heterocycles. The second-order valence-electron chi connectivity index (χ2n) is 3.80. The lowest BCUT2D eigenvalue weighted by atomic mass is 10.2. The van der Waals surface area contributed by atoms with Gasteiger partial charge in [-0.25, -0.2) is 4.39 Å². The maximum absolute atomic E-state index is 13.5. The van der Waals surface area contributed by atoms with Gasteiger partial charge in [0, 0.05) is 18.8 Å². The molecule has 0 atom stereocenters. The van der Waals surface area contributed by atoms with E-state index in [2.05, 4.69) is 15.6 Å². The number of primary amides is 1. The summed E-state index contributed by atoms with van der Waals surface area (Å²) in [5.74, 6) is -1.05. The number of nitrogens with one attached hydrogen (secondary N) is 1. The van der Waals surface area contributed by atoms with Gasteiger partial charge in [-0.05, 0) is 18.2 Å². The molecule has 6 nitrogen and oxygen atoms in total. The predicted octanol–water partition coefficient (Wildman–Crippen LogP) is 0.665. The van der Waals surface area contributed by atoms with E-state index in [4.69, 9.17) is 5.73 Å². The van der Waals surface area contributed by atoms with Crippen LogP contribution in [0.4, 0.5) is 10.1 Å². The Kier molecular flexibility index (Phi) is 3.22. The van der Waals surface area contributed by atoms with Crippen molar-refractivity contribution in [3.8, 4) is 0 Å². The molecule has 0 saturated carbocycles. The molecule has 0 unspecified atom stereocenters. The molecule has 94 valence electrons. The van der Waals surface area contributed by atoms with E-state index in [-0.39, 0.29) is 11.3 Å². The number of hydrogen-bond donors (Lipinski definition) is 2. The Morgan fingerprint density at radius 1 is 1.56 bits per heavy atom. The standard InChI is InChI=1S/C11H12FN5O/c1-17-6-8(15-16-17)5-14-10-4-7(11(13)18)2-3-9(10)12/h2-4,6,14H,5H2,1H3,(H2,13,18). The van der Waals surface area contributed by atoms with E-state index in [9.17, 15) is 9.18 Å². The van der Waals surface area contributed by atoms with Gasteiger partial charge in [-0.15, -0.1) is 5.10 Å². The first kappa shape index (κ1) is 12.0. The topological polar surface area (TPSA) is 85.8 Å². The van der Waals surface area contributed by atoms with E-state index in [1.165, 1.54) is 18.2 Å². The molecule has 0 spiro atoms. The van der Waals surface area contributed by atoms with E-state index in [0.717, 1.165) is 0 Å². The van der Waals surface area contributed by atoms with Crippen molar-refractivity contribution in [1.29, 1.82) is 0 Å². The number of aromatic nitrogens is 3. The van der Waals surface area contributed by atoms with E-state index in [1.807, 2.05) is 0 Å². The van der Waals surface area contributed by atoms with Crippen molar-refractivity contribution < 1.29 is 9.18 Å². The number of rotatable bonds is 4. The molecule has 1 heterocycles. The zero-order chi connectivity index (χ0) is 13.1. The molecule has 1 aromatic heterocycles. The Morgan fingerprint density at radius 3 is 2.94 bits per heavy atom. The highest BCUT2D eigenvalue weighted by atomic mass is 19.1. The van der Waals surface area contributed by atoms with Crippen molar-refractivity contribution in [2.75, 3.05) is 5.32 Å². The van der Waals surface area contributed by atoms with Crippen molar-refractivity contribution >= 4 is 11.6 Å².